The van der Waals surface area contributed by atoms with E-state index in [-0.39, 0.29) is 17.8 Å². The van der Waals surface area contributed by atoms with Crippen molar-refractivity contribution in [3.8, 4) is 11.5 Å². The lowest BCUT2D eigenvalue weighted by molar-refractivity contribution is -0.113. The Bertz CT molecular complexity index is 1010. The molecule has 0 unspecified atom stereocenters. The Balaban J connectivity index is 1.60. The summed E-state index contributed by atoms with van der Waals surface area (Å²) in [6, 6.07) is 14.6. The summed E-state index contributed by atoms with van der Waals surface area (Å²) in [7, 11) is 0. The number of rotatable bonds is 10. The molecule has 0 aliphatic rings. The van der Waals surface area contributed by atoms with Crippen molar-refractivity contribution in [3.63, 3.8) is 0 Å². The van der Waals surface area contributed by atoms with Gasteiger partial charge in [-0.1, -0.05) is 35.5 Å². The van der Waals surface area contributed by atoms with Crippen molar-refractivity contribution in [3.05, 3.63) is 59.4 Å². The maximum Gasteiger partial charge on any atom is 0.234 e. The second-order valence-electron chi connectivity index (χ2n) is 6.57. The summed E-state index contributed by atoms with van der Waals surface area (Å²) >= 11 is 7.52. The molecule has 164 valence electrons. The third kappa shape index (κ3) is 6.15. The second kappa shape index (κ2) is 11.1. The minimum absolute atomic E-state index is 0.123. The highest BCUT2D eigenvalue weighted by Crippen LogP contribution is 2.29. The average molecular weight is 461 g/mol. The maximum atomic E-state index is 12.4. The van der Waals surface area contributed by atoms with Crippen molar-refractivity contribution in [2.24, 2.45) is 0 Å². The van der Waals surface area contributed by atoms with E-state index < -0.39 is 0 Å². The Morgan fingerprint density at radius 2 is 1.90 bits per heavy atom. The van der Waals surface area contributed by atoms with Crippen LogP contribution >= 0.6 is 23.4 Å². The van der Waals surface area contributed by atoms with Crippen LogP contribution in [0, 0.1) is 0 Å². The highest BCUT2D eigenvalue weighted by molar-refractivity contribution is 7.99. The molecule has 1 amide bonds. The van der Waals surface area contributed by atoms with Crippen LogP contribution in [-0.4, -0.2) is 33.0 Å². The van der Waals surface area contributed by atoms with Gasteiger partial charge in [0.1, 0.15) is 11.5 Å². The minimum Gasteiger partial charge on any atom is -0.494 e. The van der Waals surface area contributed by atoms with Crippen LogP contribution in [-0.2, 0) is 11.3 Å². The molecule has 3 rings (SSSR count). The fraction of sp³-hybridized carbons (Fsp3) is 0.318. The lowest BCUT2D eigenvalue weighted by Gasteiger charge is -2.16. The molecule has 0 saturated carbocycles. The van der Waals surface area contributed by atoms with Crippen LogP contribution in [0.2, 0.25) is 5.02 Å². The first-order valence-corrected chi connectivity index (χ1v) is 11.4. The molecule has 0 spiro atoms. The second-order valence-corrected chi connectivity index (χ2v) is 7.92. The number of aromatic nitrogens is 3. The monoisotopic (exact) mass is 460 g/mol. The number of nitrogens with one attached hydrogen (secondary N) is 1. The van der Waals surface area contributed by atoms with Gasteiger partial charge in [0, 0.05) is 12.2 Å². The molecule has 0 radical (unpaired) electrons. The SMILES string of the molecule is CCOc1ccc(NC(=O)CSc2nnc([C@H](C)Oc3ccccc3Cl)n2CC)cc1. The van der Waals surface area contributed by atoms with Gasteiger partial charge in [-0.2, -0.15) is 0 Å². The number of carbonyl (C=O) groups excluding carboxylic acids is 1. The molecule has 7 nitrogen and oxygen atoms in total. The van der Waals surface area contributed by atoms with Crippen molar-refractivity contribution in [1.29, 1.82) is 0 Å². The molecule has 3 aromatic rings. The van der Waals surface area contributed by atoms with Crippen LogP contribution < -0.4 is 14.8 Å². The standard InChI is InChI=1S/C22H25ClN4O3S/c1-4-27-21(15(3)30-19-9-7-6-8-18(19)23)25-26-22(27)31-14-20(28)24-16-10-12-17(13-11-16)29-5-2/h6-13,15H,4-5,14H2,1-3H3,(H,24,28)/t15-/m0/s1. The molecule has 1 N–H and O–H groups in total. The van der Waals surface area contributed by atoms with Gasteiger partial charge in [-0.3, -0.25) is 4.79 Å². The number of hydrogen-bond donors (Lipinski definition) is 1. The zero-order valence-electron chi connectivity index (χ0n) is 17.7. The summed E-state index contributed by atoms with van der Waals surface area (Å²) in [6.45, 7) is 7.08. The number of thioether (sulfide) groups is 1. The van der Waals surface area contributed by atoms with Crippen LogP contribution in [0.25, 0.3) is 0 Å². The average Bonchev–Trinajstić information content (AvgIpc) is 3.18. The van der Waals surface area contributed by atoms with Gasteiger partial charge in [-0.05, 0) is 57.2 Å². The molecular formula is C22H25ClN4O3S. The van der Waals surface area contributed by atoms with Crippen LogP contribution in [0.3, 0.4) is 0 Å². The van der Waals surface area contributed by atoms with Crippen molar-refractivity contribution in [2.75, 3.05) is 17.7 Å². The van der Waals surface area contributed by atoms with Crippen LogP contribution in [0.5, 0.6) is 11.5 Å². The number of ether oxygens (including phenoxy) is 2. The number of halogens is 1. The maximum absolute atomic E-state index is 12.4. The molecule has 0 saturated heterocycles. The van der Waals surface area contributed by atoms with Gasteiger partial charge in [0.05, 0.1) is 17.4 Å². The van der Waals surface area contributed by atoms with Gasteiger partial charge < -0.3 is 19.4 Å². The molecule has 0 bridgehead atoms. The predicted molar refractivity (Wildman–Crippen MR) is 123 cm³/mol. The summed E-state index contributed by atoms with van der Waals surface area (Å²) in [5.74, 6) is 2.13. The van der Waals surface area contributed by atoms with Crippen molar-refractivity contribution < 1.29 is 14.3 Å². The van der Waals surface area contributed by atoms with E-state index in [1.165, 1.54) is 11.8 Å². The van der Waals surface area contributed by atoms with E-state index in [9.17, 15) is 4.79 Å². The zero-order chi connectivity index (χ0) is 22.2. The molecule has 1 atom stereocenters. The Morgan fingerprint density at radius 3 is 2.58 bits per heavy atom. The summed E-state index contributed by atoms with van der Waals surface area (Å²) in [6.07, 6.45) is -0.348. The van der Waals surface area contributed by atoms with Crippen LogP contribution in [0.4, 0.5) is 5.69 Å². The first-order chi connectivity index (χ1) is 15.0. The lowest BCUT2D eigenvalue weighted by Crippen LogP contribution is -2.15. The Labute approximate surface area is 191 Å². The van der Waals surface area contributed by atoms with E-state index in [1.807, 2.05) is 67.8 Å². The normalized spacial score (nSPS) is 11.7. The van der Waals surface area contributed by atoms with Crippen LogP contribution in [0.15, 0.2) is 53.7 Å². The topological polar surface area (TPSA) is 78.3 Å². The molecule has 0 aliphatic carbocycles. The third-order valence-corrected chi connectivity index (χ3v) is 5.63. The van der Waals surface area contributed by atoms with Gasteiger partial charge in [-0.25, -0.2) is 0 Å². The fourth-order valence-corrected chi connectivity index (χ4v) is 3.91. The highest BCUT2D eigenvalue weighted by atomic mass is 35.5. The lowest BCUT2D eigenvalue weighted by atomic mass is 10.3. The highest BCUT2D eigenvalue weighted by Gasteiger charge is 2.20. The smallest absolute Gasteiger partial charge is 0.234 e. The van der Waals surface area contributed by atoms with Gasteiger partial charge in [0.2, 0.25) is 5.91 Å². The zero-order valence-corrected chi connectivity index (χ0v) is 19.2. The molecule has 0 aliphatic heterocycles. The first kappa shape index (κ1) is 23.0. The third-order valence-electron chi connectivity index (χ3n) is 4.35. The van der Waals surface area contributed by atoms with E-state index in [2.05, 4.69) is 15.5 Å². The minimum atomic E-state index is -0.348. The van der Waals surface area contributed by atoms with Crippen molar-refractivity contribution in [2.45, 2.75) is 38.6 Å². The Morgan fingerprint density at radius 1 is 1.16 bits per heavy atom. The number of amides is 1. The van der Waals surface area contributed by atoms with Gasteiger partial charge >= 0.3 is 0 Å². The number of carbonyl (C=O) groups is 1. The molecule has 0 fully saturated rings. The number of hydrogen-bond acceptors (Lipinski definition) is 6. The molecule has 2 aromatic carbocycles. The quantitative estimate of drug-likeness (QED) is 0.418. The van der Waals surface area contributed by atoms with E-state index in [1.54, 1.807) is 6.07 Å². The van der Waals surface area contributed by atoms with Crippen molar-refractivity contribution in [1.82, 2.24) is 14.8 Å². The van der Waals surface area contributed by atoms with Gasteiger partial charge in [0.15, 0.2) is 17.1 Å². The molecule has 31 heavy (non-hydrogen) atoms. The van der Waals surface area contributed by atoms with Gasteiger partial charge in [0.25, 0.3) is 0 Å². The number of nitrogens with zero attached hydrogens (tertiary/aromatic N) is 3. The summed E-state index contributed by atoms with van der Waals surface area (Å²) in [5, 5.41) is 12.6. The number of anilines is 1. The number of para-hydroxylation sites is 1. The molecular weight excluding hydrogens is 436 g/mol. The molecule has 9 heteroatoms. The van der Waals surface area contributed by atoms with Crippen LogP contribution in [0.1, 0.15) is 32.7 Å². The van der Waals surface area contributed by atoms with Crippen molar-refractivity contribution >= 4 is 35.0 Å². The Hall–Kier alpha value is -2.71. The first-order valence-electron chi connectivity index (χ1n) is 10.0. The summed E-state index contributed by atoms with van der Waals surface area (Å²) in [5.41, 5.74) is 0.716. The van der Waals surface area contributed by atoms with E-state index in [4.69, 9.17) is 21.1 Å². The van der Waals surface area contributed by atoms with E-state index >= 15 is 0 Å². The Kier molecular flexibility index (Phi) is 8.20. The molecule has 1 heterocycles. The summed E-state index contributed by atoms with van der Waals surface area (Å²) < 4.78 is 13.3. The molecule has 1 aromatic heterocycles. The van der Waals surface area contributed by atoms with E-state index in [0.29, 0.717) is 40.6 Å². The fourth-order valence-electron chi connectivity index (χ4n) is 2.92. The summed E-state index contributed by atoms with van der Waals surface area (Å²) in [4.78, 5) is 12.4. The predicted octanol–water partition coefficient (Wildman–Crippen LogP) is 5.22. The number of benzene rings is 2. The van der Waals surface area contributed by atoms with Gasteiger partial charge in [-0.15, -0.1) is 10.2 Å². The van der Waals surface area contributed by atoms with E-state index in [0.717, 1.165) is 5.75 Å². The largest absolute Gasteiger partial charge is 0.494 e.